The van der Waals surface area contributed by atoms with Gasteiger partial charge < -0.3 is 4.74 Å². The van der Waals surface area contributed by atoms with Gasteiger partial charge in [-0.25, -0.2) is 4.79 Å². The molecule has 1 aliphatic heterocycles. The van der Waals surface area contributed by atoms with Gasteiger partial charge in [-0.2, -0.15) is 10.1 Å². The average molecular weight is 490 g/mol. The Morgan fingerprint density at radius 1 is 0.969 bits per heavy atom. The molecule has 0 aromatic heterocycles. The molecular weight excluding hydrogens is 475 g/mol. The molecule has 32 heavy (non-hydrogen) atoms. The van der Waals surface area contributed by atoms with Crippen LogP contribution in [0.5, 0.6) is 5.75 Å². The molecule has 2 bridgehead atoms. The number of rotatable bonds is 4. The van der Waals surface area contributed by atoms with Crippen molar-refractivity contribution in [2.24, 2.45) is 28.8 Å². The number of carbonyl (C=O) groups is 3. The molecule has 6 nitrogen and oxygen atoms in total. The summed E-state index contributed by atoms with van der Waals surface area (Å²) in [6, 6.07) is 8.99. The predicted molar refractivity (Wildman–Crippen MR) is 120 cm³/mol. The lowest BCUT2D eigenvalue weighted by Gasteiger charge is -2.13. The summed E-state index contributed by atoms with van der Waals surface area (Å²) in [6.45, 7) is 0. The number of carbonyl (C=O) groups excluding carboxylic acids is 3. The summed E-state index contributed by atoms with van der Waals surface area (Å²) in [4.78, 5) is 38.2. The van der Waals surface area contributed by atoms with E-state index in [0.29, 0.717) is 15.6 Å². The first-order chi connectivity index (χ1) is 15.3. The maximum atomic E-state index is 12.8. The van der Waals surface area contributed by atoms with Gasteiger partial charge in [0.1, 0.15) is 5.75 Å². The third kappa shape index (κ3) is 3.52. The minimum absolute atomic E-state index is 0.0912. The number of amides is 2. The lowest BCUT2D eigenvalue weighted by molar-refractivity contribution is -0.140. The Hall–Kier alpha value is -2.67. The predicted octanol–water partition coefficient (Wildman–Crippen LogP) is 5.01. The van der Waals surface area contributed by atoms with Gasteiger partial charge in [0.15, 0.2) is 0 Å². The number of nitrogens with zero attached hydrogens (tertiary/aromatic N) is 2. The summed E-state index contributed by atoms with van der Waals surface area (Å²) in [5.74, 6) is -1.67. The Labute approximate surface area is 198 Å². The van der Waals surface area contributed by atoms with Gasteiger partial charge in [-0.15, -0.1) is 0 Å². The van der Waals surface area contributed by atoms with Crippen LogP contribution in [-0.4, -0.2) is 29.0 Å². The second-order valence-corrected chi connectivity index (χ2v) is 9.21. The third-order valence-electron chi connectivity index (χ3n) is 6.08. The zero-order valence-electron chi connectivity index (χ0n) is 16.4. The molecule has 9 heteroatoms. The molecule has 1 heterocycles. The van der Waals surface area contributed by atoms with Crippen LogP contribution in [0.15, 0.2) is 53.7 Å². The largest absolute Gasteiger partial charge is 0.422 e. The van der Waals surface area contributed by atoms with E-state index >= 15 is 0 Å². The van der Waals surface area contributed by atoms with E-state index in [1.165, 1.54) is 36.5 Å². The second kappa shape index (κ2) is 8.03. The van der Waals surface area contributed by atoms with Crippen LogP contribution in [0.25, 0.3) is 0 Å². The highest BCUT2D eigenvalue weighted by Crippen LogP contribution is 2.52. The summed E-state index contributed by atoms with van der Waals surface area (Å²) in [7, 11) is 0. The fourth-order valence-corrected chi connectivity index (χ4v) is 5.31. The van der Waals surface area contributed by atoms with Crippen LogP contribution in [0, 0.1) is 23.7 Å². The highest BCUT2D eigenvalue weighted by molar-refractivity contribution is 6.36. The van der Waals surface area contributed by atoms with Gasteiger partial charge in [0.2, 0.25) is 0 Å². The Kier molecular flexibility index (Phi) is 5.32. The van der Waals surface area contributed by atoms with Crippen molar-refractivity contribution in [1.29, 1.82) is 0 Å². The van der Waals surface area contributed by atoms with Gasteiger partial charge in [0.05, 0.1) is 28.6 Å². The summed E-state index contributed by atoms with van der Waals surface area (Å²) in [5, 5.41) is 5.96. The molecule has 1 saturated carbocycles. The van der Waals surface area contributed by atoms with E-state index in [1.807, 2.05) is 12.2 Å². The number of halogens is 3. The van der Waals surface area contributed by atoms with Gasteiger partial charge in [0, 0.05) is 15.6 Å². The maximum Gasteiger partial charge on any atom is 0.345 e. The maximum absolute atomic E-state index is 12.8. The molecule has 2 aliphatic carbocycles. The SMILES string of the molecule is O=C(Oc1ccc(Cl)cc1C=NN1C(=O)C2C3C=CC(C3)C2C1=O)c1ccc(Cl)cc1Cl. The minimum atomic E-state index is -0.700. The average Bonchev–Trinajstić information content (AvgIpc) is 3.42. The third-order valence-corrected chi connectivity index (χ3v) is 6.87. The van der Waals surface area contributed by atoms with E-state index < -0.39 is 5.97 Å². The van der Waals surface area contributed by atoms with Crippen molar-refractivity contribution < 1.29 is 19.1 Å². The van der Waals surface area contributed by atoms with Crippen LogP contribution in [0.2, 0.25) is 15.1 Å². The van der Waals surface area contributed by atoms with E-state index in [1.54, 1.807) is 6.07 Å². The Balaban J connectivity index is 1.39. The topological polar surface area (TPSA) is 76.0 Å². The van der Waals surface area contributed by atoms with Gasteiger partial charge in [-0.1, -0.05) is 47.0 Å². The molecule has 4 atom stereocenters. The number of hydrogen-bond donors (Lipinski definition) is 0. The van der Waals surface area contributed by atoms with Crippen LogP contribution < -0.4 is 4.74 Å². The number of allylic oxidation sites excluding steroid dienone is 2. The molecule has 2 amide bonds. The van der Waals surface area contributed by atoms with E-state index in [4.69, 9.17) is 39.5 Å². The van der Waals surface area contributed by atoms with Gasteiger partial charge in [-0.05, 0) is 54.7 Å². The molecule has 0 radical (unpaired) electrons. The standard InChI is InChI=1S/C23H15Cl3N2O4/c24-14-4-6-18(32-23(31)16-5-3-15(25)9-17(16)26)13(8-14)10-27-28-21(29)19-11-1-2-12(7-11)20(19)22(28)30/h1-6,8-12,19-20H,7H2. The van der Waals surface area contributed by atoms with Crippen molar-refractivity contribution in [3.8, 4) is 5.75 Å². The van der Waals surface area contributed by atoms with Crippen LogP contribution in [0.4, 0.5) is 0 Å². The molecular formula is C23H15Cl3N2O4. The number of fused-ring (bicyclic) bond motifs is 5. The number of hydrazone groups is 1. The van der Waals surface area contributed by atoms with E-state index in [2.05, 4.69) is 5.10 Å². The normalized spacial score (nSPS) is 25.8. The Morgan fingerprint density at radius 2 is 1.59 bits per heavy atom. The molecule has 0 N–H and O–H groups in total. The quantitative estimate of drug-likeness (QED) is 0.199. The minimum Gasteiger partial charge on any atom is -0.422 e. The van der Waals surface area contributed by atoms with Gasteiger partial charge in [-0.3, -0.25) is 9.59 Å². The number of ether oxygens (including phenoxy) is 1. The Bertz CT molecular complexity index is 1200. The van der Waals surface area contributed by atoms with Crippen molar-refractivity contribution in [1.82, 2.24) is 5.01 Å². The zero-order chi connectivity index (χ0) is 22.6. The highest BCUT2D eigenvalue weighted by Gasteiger charge is 2.59. The second-order valence-electron chi connectivity index (χ2n) is 7.93. The first kappa shape index (κ1) is 21.2. The van der Waals surface area contributed by atoms with Crippen molar-refractivity contribution in [3.63, 3.8) is 0 Å². The van der Waals surface area contributed by atoms with Crippen molar-refractivity contribution in [2.45, 2.75) is 6.42 Å². The van der Waals surface area contributed by atoms with Crippen LogP contribution in [0.1, 0.15) is 22.3 Å². The van der Waals surface area contributed by atoms with Crippen molar-refractivity contribution >= 4 is 58.8 Å². The molecule has 2 aromatic carbocycles. The first-order valence-corrected chi connectivity index (χ1v) is 11.0. The molecule has 1 saturated heterocycles. The molecule has 2 aromatic rings. The van der Waals surface area contributed by atoms with E-state index in [0.717, 1.165) is 11.4 Å². The fourth-order valence-electron chi connectivity index (χ4n) is 4.64. The van der Waals surface area contributed by atoms with Gasteiger partial charge in [0.25, 0.3) is 11.8 Å². The molecule has 0 spiro atoms. The van der Waals surface area contributed by atoms with E-state index in [-0.39, 0.29) is 51.8 Å². The molecule has 2 fully saturated rings. The van der Waals surface area contributed by atoms with Gasteiger partial charge >= 0.3 is 5.97 Å². The zero-order valence-corrected chi connectivity index (χ0v) is 18.6. The monoisotopic (exact) mass is 488 g/mol. The molecule has 5 rings (SSSR count). The Morgan fingerprint density at radius 3 is 2.25 bits per heavy atom. The summed E-state index contributed by atoms with van der Waals surface area (Å²) in [5.41, 5.74) is 0.462. The number of imide groups is 1. The first-order valence-electron chi connectivity index (χ1n) is 9.90. The summed E-state index contributed by atoms with van der Waals surface area (Å²) in [6.07, 6.45) is 6.16. The van der Waals surface area contributed by atoms with Crippen LogP contribution in [0.3, 0.4) is 0 Å². The van der Waals surface area contributed by atoms with Crippen LogP contribution >= 0.6 is 34.8 Å². The lowest BCUT2D eigenvalue weighted by Crippen LogP contribution is -2.28. The molecule has 162 valence electrons. The number of esters is 1. The smallest absolute Gasteiger partial charge is 0.345 e. The number of hydrogen-bond acceptors (Lipinski definition) is 5. The van der Waals surface area contributed by atoms with Crippen LogP contribution in [-0.2, 0) is 9.59 Å². The fraction of sp³-hybridized carbons (Fsp3) is 0.217. The molecule has 3 aliphatic rings. The summed E-state index contributed by atoms with van der Waals surface area (Å²) < 4.78 is 5.48. The van der Waals surface area contributed by atoms with E-state index in [9.17, 15) is 14.4 Å². The highest BCUT2D eigenvalue weighted by atomic mass is 35.5. The lowest BCUT2D eigenvalue weighted by atomic mass is 9.85. The molecule has 4 unspecified atom stereocenters. The number of benzene rings is 2. The summed E-state index contributed by atoms with van der Waals surface area (Å²) >= 11 is 18.1. The van der Waals surface area contributed by atoms with Crippen molar-refractivity contribution in [3.05, 3.63) is 74.7 Å². The van der Waals surface area contributed by atoms with Crippen molar-refractivity contribution in [2.75, 3.05) is 0 Å².